The smallest absolute Gasteiger partial charge is 0.193 e. The highest BCUT2D eigenvalue weighted by molar-refractivity contribution is 6.10. The zero-order valence-electron chi connectivity index (χ0n) is 12.8. The Labute approximate surface area is 138 Å². The van der Waals surface area contributed by atoms with Gasteiger partial charge in [-0.05, 0) is 42.5 Å². The fourth-order valence-electron chi connectivity index (χ4n) is 2.55. The molecule has 2 aromatic carbocycles. The number of nitrogens with one attached hydrogen (secondary N) is 1. The number of carbonyl (C=O) groups is 1. The second kappa shape index (κ2) is 6.01. The first kappa shape index (κ1) is 14.2. The third kappa shape index (κ3) is 2.77. The van der Waals surface area contributed by atoms with Gasteiger partial charge in [-0.1, -0.05) is 30.3 Å². The second-order valence-corrected chi connectivity index (χ2v) is 5.40. The van der Waals surface area contributed by atoms with Crippen LogP contribution in [0.25, 0.3) is 23.2 Å². The first-order valence-electron chi connectivity index (χ1n) is 7.61. The quantitative estimate of drug-likeness (QED) is 0.562. The molecule has 4 rings (SSSR count). The van der Waals surface area contributed by atoms with E-state index in [1.807, 2.05) is 66.7 Å². The minimum Gasteiger partial charge on any atom is -0.465 e. The molecule has 0 radical (unpaired) electrons. The molecule has 4 heteroatoms. The third-order valence-corrected chi connectivity index (χ3v) is 3.75. The molecule has 0 saturated carbocycles. The lowest BCUT2D eigenvalue weighted by molar-refractivity contribution is 0.103. The number of rotatable bonds is 4. The van der Waals surface area contributed by atoms with Gasteiger partial charge in [-0.3, -0.25) is 4.79 Å². The van der Waals surface area contributed by atoms with E-state index in [1.165, 1.54) is 0 Å². The summed E-state index contributed by atoms with van der Waals surface area (Å²) in [5.74, 6) is 1.47. The monoisotopic (exact) mass is 314 g/mol. The van der Waals surface area contributed by atoms with Crippen LogP contribution >= 0.6 is 0 Å². The number of ketones is 1. The molecule has 0 fully saturated rings. The molecule has 116 valence electrons. The number of nitrogens with zero attached hydrogens (tertiary/aromatic N) is 1. The summed E-state index contributed by atoms with van der Waals surface area (Å²) in [6.07, 6.45) is 5.31. The van der Waals surface area contributed by atoms with Crippen molar-refractivity contribution in [3.05, 3.63) is 89.6 Å². The standard InChI is InChI=1S/C20H14N2O2/c23-20(14-5-2-1-3-6-14)15-8-10-17-18(13-15)22-19(21-17)11-9-16-7-4-12-24-16/h1-13H,(H,21,22)/b11-9+. The fraction of sp³-hybridized carbons (Fsp3) is 0. The molecule has 0 spiro atoms. The molecule has 4 nitrogen and oxygen atoms in total. The van der Waals surface area contributed by atoms with Gasteiger partial charge in [0.15, 0.2) is 5.78 Å². The van der Waals surface area contributed by atoms with E-state index in [9.17, 15) is 4.79 Å². The maximum Gasteiger partial charge on any atom is 0.193 e. The highest BCUT2D eigenvalue weighted by Gasteiger charge is 2.10. The molecule has 2 aromatic heterocycles. The molecular formula is C20H14N2O2. The van der Waals surface area contributed by atoms with Crippen molar-refractivity contribution < 1.29 is 9.21 Å². The highest BCUT2D eigenvalue weighted by atomic mass is 16.3. The minimum absolute atomic E-state index is 0.000206. The second-order valence-electron chi connectivity index (χ2n) is 5.40. The molecule has 0 aliphatic carbocycles. The molecular weight excluding hydrogens is 300 g/mol. The topological polar surface area (TPSA) is 58.9 Å². The number of benzene rings is 2. The Bertz CT molecular complexity index is 1010. The summed E-state index contributed by atoms with van der Waals surface area (Å²) < 4.78 is 5.26. The van der Waals surface area contributed by atoms with Gasteiger partial charge in [0, 0.05) is 11.1 Å². The molecule has 0 amide bonds. The largest absolute Gasteiger partial charge is 0.465 e. The number of hydrogen-bond acceptors (Lipinski definition) is 3. The van der Waals surface area contributed by atoms with Crippen LogP contribution in [-0.4, -0.2) is 15.8 Å². The normalized spacial score (nSPS) is 11.3. The Morgan fingerprint density at radius 2 is 1.83 bits per heavy atom. The van der Waals surface area contributed by atoms with Crippen LogP contribution in [0.1, 0.15) is 27.5 Å². The van der Waals surface area contributed by atoms with Crippen molar-refractivity contribution in [2.75, 3.05) is 0 Å². The van der Waals surface area contributed by atoms with E-state index < -0.39 is 0 Å². The SMILES string of the molecule is O=C(c1ccccc1)c1ccc2nc(/C=C/c3ccco3)[nH]c2c1. The number of aromatic amines is 1. The van der Waals surface area contributed by atoms with Crippen LogP contribution in [0.5, 0.6) is 0 Å². The van der Waals surface area contributed by atoms with Crippen LogP contribution in [0.3, 0.4) is 0 Å². The predicted octanol–water partition coefficient (Wildman–Crippen LogP) is 4.56. The summed E-state index contributed by atoms with van der Waals surface area (Å²) in [5, 5.41) is 0. The van der Waals surface area contributed by atoms with Gasteiger partial charge >= 0.3 is 0 Å². The lowest BCUT2D eigenvalue weighted by atomic mass is 10.0. The van der Waals surface area contributed by atoms with Crippen LogP contribution in [0.15, 0.2) is 71.3 Å². The minimum atomic E-state index is -0.000206. The third-order valence-electron chi connectivity index (χ3n) is 3.75. The molecule has 0 aliphatic rings. The summed E-state index contributed by atoms with van der Waals surface area (Å²) in [6, 6.07) is 18.4. The van der Waals surface area contributed by atoms with E-state index in [0.29, 0.717) is 17.0 Å². The number of carbonyl (C=O) groups excluding carboxylic acids is 1. The van der Waals surface area contributed by atoms with Crippen LogP contribution in [0.4, 0.5) is 0 Å². The van der Waals surface area contributed by atoms with Crippen LogP contribution < -0.4 is 0 Å². The van der Waals surface area contributed by atoms with Crippen molar-refractivity contribution in [1.82, 2.24) is 9.97 Å². The number of furan rings is 1. The average Bonchev–Trinajstić information content (AvgIpc) is 3.28. The van der Waals surface area contributed by atoms with Gasteiger partial charge in [0.2, 0.25) is 0 Å². The van der Waals surface area contributed by atoms with Crippen molar-refractivity contribution >= 4 is 29.0 Å². The zero-order chi connectivity index (χ0) is 16.4. The van der Waals surface area contributed by atoms with Crippen molar-refractivity contribution in [3.8, 4) is 0 Å². The maximum atomic E-state index is 12.5. The van der Waals surface area contributed by atoms with Gasteiger partial charge in [-0.25, -0.2) is 4.98 Å². The van der Waals surface area contributed by atoms with Gasteiger partial charge in [0.05, 0.1) is 17.3 Å². The Morgan fingerprint density at radius 1 is 0.958 bits per heavy atom. The van der Waals surface area contributed by atoms with E-state index in [4.69, 9.17) is 4.42 Å². The van der Waals surface area contributed by atoms with Crippen LogP contribution in [-0.2, 0) is 0 Å². The number of fused-ring (bicyclic) bond motifs is 1. The molecule has 2 heterocycles. The van der Waals surface area contributed by atoms with Gasteiger partial charge in [0.1, 0.15) is 11.6 Å². The van der Waals surface area contributed by atoms with E-state index in [-0.39, 0.29) is 5.78 Å². The van der Waals surface area contributed by atoms with Crippen molar-refractivity contribution in [2.45, 2.75) is 0 Å². The summed E-state index contributed by atoms with van der Waals surface area (Å²) >= 11 is 0. The van der Waals surface area contributed by atoms with Gasteiger partial charge < -0.3 is 9.40 Å². The fourth-order valence-corrected chi connectivity index (χ4v) is 2.55. The Balaban J connectivity index is 1.65. The van der Waals surface area contributed by atoms with Crippen LogP contribution in [0.2, 0.25) is 0 Å². The zero-order valence-corrected chi connectivity index (χ0v) is 12.8. The number of imidazole rings is 1. The Kier molecular flexibility index (Phi) is 3.56. The number of H-pyrrole nitrogens is 1. The Morgan fingerprint density at radius 3 is 2.62 bits per heavy atom. The van der Waals surface area contributed by atoms with Gasteiger partial charge in [0.25, 0.3) is 0 Å². The lowest BCUT2D eigenvalue weighted by Gasteiger charge is -2.00. The Hall–Kier alpha value is -3.40. The first-order valence-corrected chi connectivity index (χ1v) is 7.61. The predicted molar refractivity (Wildman–Crippen MR) is 93.6 cm³/mol. The summed E-state index contributed by atoms with van der Waals surface area (Å²) in [5.41, 5.74) is 2.96. The van der Waals surface area contributed by atoms with Crippen molar-refractivity contribution in [3.63, 3.8) is 0 Å². The molecule has 24 heavy (non-hydrogen) atoms. The number of hydrogen-bond donors (Lipinski definition) is 1. The highest BCUT2D eigenvalue weighted by Crippen LogP contribution is 2.18. The molecule has 1 N–H and O–H groups in total. The average molecular weight is 314 g/mol. The summed E-state index contributed by atoms with van der Waals surface area (Å²) in [6.45, 7) is 0. The van der Waals surface area contributed by atoms with E-state index in [1.54, 1.807) is 12.3 Å². The molecule has 0 aliphatic heterocycles. The summed E-state index contributed by atoms with van der Waals surface area (Å²) in [4.78, 5) is 20.2. The molecule has 0 saturated heterocycles. The van der Waals surface area contributed by atoms with E-state index in [0.717, 1.165) is 16.8 Å². The first-order chi connectivity index (χ1) is 11.8. The summed E-state index contributed by atoms with van der Waals surface area (Å²) in [7, 11) is 0. The molecule has 4 aromatic rings. The van der Waals surface area contributed by atoms with E-state index in [2.05, 4.69) is 9.97 Å². The maximum absolute atomic E-state index is 12.5. The van der Waals surface area contributed by atoms with E-state index >= 15 is 0 Å². The number of aromatic nitrogens is 2. The molecule has 0 unspecified atom stereocenters. The van der Waals surface area contributed by atoms with Crippen molar-refractivity contribution in [1.29, 1.82) is 0 Å². The molecule has 0 bridgehead atoms. The van der Waals surface area contributed by atoms with Gasteiger partial charge in [-0.15, -0.1) is 0 Å². The van der Waals surface area contributed by atoms with Crippen LogP contribution in [0, 0.1) is 0 Å². The lowest BCUT2D eigenvalue weighted by Crippen LogP contribution is -2.00. The van der Waals surface area contributed by atoms with Crippen molar-refractivity contribution in [2.24, 2.45) is 0 Å². The molecule has 0 atom stereocenters. The van der Waals surface area contributed by atoms with Gasteiger partial charge in [-0.2, -0.15) is 0 Å².